The molecular weight excluding hydrogens is 318 g/mol. The van der Waals surface area contributed by atoms with E-state index >= 15 is 0 Å². The Hall–Kier alpha value is -2.28. The number of amides is 1. The lowest BCUT2D eigenvalue weighted by atomic mass is 9.87. The first-order valence-corrected chi connectivity index (χ1v) is 8.70. The van der Waals surface area contributed by atoms with Crippen LogP contribution in [0.2, 0.25) is 0 Å². The molecule has 25 heavy (non-hydrogen) atoms. The van der Waals surface area contributed by atoms with Gasteiger partial charge in [0.15, 0.2) is 11.5 Å². The number of carbonyl (C=O) groups is 1. The molecule has 0 aliphatic heterocycles. The molecule has 2 N–H and O–H groups in total. The Morgan fingerprint density at radius 3 is 2.88 bits per heavy atom. The lowest BCUT2D eigenvalue weighted by Gasteiger charge is -2.29. The summed E-state index contributed by atoms with van der Waals surface area (Å²) in [7, 11) is 0. The first kappa shape index (κ1) is 16.2. The number of hydrogen-bond acceptors (Lipinski definition) is 5. The topological polar surface area (TPSA) is 92.9 Å². The molecule has 0 saturated heterocycles. The first-order valence-electron chi connectivity index (χ1n) is 8.70. The van der Waals surface area contributed by atoms with Gasteiger partial charge in [-0.05, 0) is 24.2 Å². The molecule has 0 spiro atoms. The Bertz CT molecular complexity index is 809. The van der Waals surface area contributed by atoms with Crippen LogP contribution >= 0.6 is 0 Å². The first-order chi connectivity index (χ1) is 11.9. The zero-order valence-electron chi connectivity index (χ0n) is 14.7. The lowest BCUT2D eigenvalue weighted by molar-refractivity contribution is 0.0841. The molecule has 1 amide bonds. The number of nitrogens with one attached hydrogen (secondary N) is 1. The van der Waals surface area contributed by atoms with Gasteiger partial charge in [-0.15, -0.1) is 0 Å². The number of hydrogen-bond donors (Lipinski definition) is 2. The zero-order chi connectivity index (χ0) is 17.8. The van der Waals surface area contributed by atoms with Gasteiger partial charge in [-0.25, -0.2) is 9.67 Å². The fraction of sp³-hybridized carbons (Fsp3) is 0.556. The summed E-state index contributed by atoms with van der Waals surface area (Å²) in [6.45, 7) is 5.87. The number of aliphatic hydroxyl groups excluding tert-OH is 1. The second-order valence-corrected chi connectivity index (χ2v) is 8.07. The predicted octanol–water partition coefficient (Wildman–Crippen LogP) is 1.46. The fourth-order valence-electron chi connectivity index (χ4n) is 3.64. The molecule has 0 unspecified atom stereocenters. The maximum absolute atomic E-state index is 12.9. The average molecular weight is 341 g/mol. The Morgan fingerprint density at radius 1 is 1.44 bits per heavy atom. The highest BCUT2D eigenvalue weighted by Gasteiger charge is 2.50. The van der Waals surface area contributed by atoms with Crippen LogP contribution in [0.4, 0.5) is 0 Å². The molecule has 0 radical (unpaired) electrons. The predicted molar refractivity (Wildman–Crippen MR) is 91.5 cm³/mol. The summed E-state index contributed by atoms with van der Waals surface area (Å²) in [4.78, 5) is 21.3. The van der Waals surface area contributed by atoms with E-state index in [1.54, 1.807) is 23.3 Å². The molecular formula is C18H23N5O2. The number of rotatable bonds is 4. The second kappa shape index (κ2) is 5.62. The lowest BCUT2D eigenvalue weighted by Crippen LogP contribution is -2.46. The van der Waals surface area contributed by atoms with Gasteiger partial charge in [0.05, 0.1) is 24.5 Å². The van der Waals surface area contributed by atoms with Crippen LogP contribution in [0.1, 0.15) is 54.9 Å². The van der Waals surface area contributed by atoms with Crippen molar-refractivity contribution >= 4 is 5.91 Å². The Labute approximate surface area is 146 Å². The molecule has 7 heteroatoms. The number of fused-ring (bicyclic) bond motifs is 3. The highest BCUT2D eigenvalue weighted by atomic mass is 16.3. The maximum atomic E-state index is 12.9. The van der Waals surface area contributed by atoms with Crippen LogP contribution in [0.5, 0.6) is 0 Å². The molecule has 0 bridgehead atoms. The summed E-state index contributed by atoms with van der Waals surface area (Å²) in [5, 5.41) is 17.1. The summed E-state index contributed by atoms with van der Waals surface area (Å²) < 4.78 is 1.78. The molecule has 2 aliphatic carbocycles. The van der Waals surface area contributed by atoms with Gasteiger partial charge in [0, 0.05) is 23.9 Å². The van der Waals surface area contributed by atoms with Crippen molar-refractivity contribution < 1.29 is 9.90 Å². The van der Waals surface area contributed by atoms with Gasteiger partial charge < -0.3 is 10.4 Å². The SMILES string of the molecule is CC(C)(C)[C@@H](CO)NC(=O)c1nn(-c2cnccn2)c2c1C[C@@H]1C[C@H]21. The van der Waals surface area contributed by atoms with Crippen molar-refractivity contribution in [1.29, 1.82) is 0 Å². The van der Waals surface area contributed by atoms with Gasteiger partial charge in [0.25, 0.3) is 5.91 Å². The van der Waals surface area contributed by atoms with Crippen molar-refractivity contribution in [3.63, 3.8) is 0 Å². The van der Waals surface area contributed by atoms with E-state index in [9.17, 15) is 9.90 Å². The smallest absolute Gasteiger partial charge is 0.272 e. The van der Waals surface area contributed by atoms with Crippen LogP contribution in [0.15, 0.2) is 18.6 Å². The fourth-order valence-corrected chi connectivity index (χ4v) is 3.64. The van der Waals surface area contributed by atoms with E-state index in [1.807, 2.05) is 20.8 Å². The van der Waals surface area contributed by atoms with Crippen LogP contribution in [-0.4, -0.2) is 43.4 Å². The standard InChI is InChI=1S/C18H23N5O2/c1-18(2,3)13(9-24)21-17(25)15-12-7-10-6-11(10)16(12)23(22-15)14-8-19-4-5-20-14/h4-5,8,10-11,13,24H,6-7,9H2,1-3H3,(H,21,25)/t10-,11-,13+/m0/s1. The summed E-state index contributed by atoms with van der Waals surface area (Å²) in [5.41, 5.74) is 2.35. The van der Waals surface area contributed by atoms with Gasteiger partial charge in [-0.2, -0.15) is 5.10 Å². The number of aliphatic hydroxyl groups is 1. The molecule has 1 fully saturated rings. The third-order valence-corrected chi connectivity index (χ3v) is 5.28. The highest BCUT2D eigenvalue weighted by molar-refractivity contribution is 5.94. The van der Waals surface area contributed by atoms with Crippen molar-refractivity contribution in [2.45, 2.75) is 45.6 Å². The zero-order valence-corrected chi connectivity index (χ0v) is 14.7. The minimum atomic E-state index is -0.326. The molecule has 0 aromatic carbocycles. The van der Waals surface area contributed by atoms with E-state index in [2.05, 4.69) is 20.4 Å². The Morgan fingerprint density at radius 2 is 2.24 bits per heavy atom. The third kappa shape index (κ3) is 2.72. The molecule has 1 saturated carbocycles. The molecule has 2 heterocycles. The summed E-state index contributed by atoms with van der Waals surface area (Å²) in [6.07, 6.45) is 6.96. The Kier molecular flexibility index (Phi) is 3.64. The van der Waals surface area contributed by atoms with E-state index in [4.69, 9.17) is 0 Å². The van der Waals surface area contributed by atoms with Crippen LogP contribution in [0, 0.1) is 11.3 Å². The molecule has 3 atom stereocenters. The molecule has 2 aliphatic rings. The summed E-state index contributed by atoms with van der Waals surface area (Å²) in [5.74, 6) is 1.51. The van der Waals surface area contributed by atoms with E-state index in [1.165, 1.54) is 0 Å². The molecule has 7 nitrogen and oxygen atoms in total. The van der Waals surface area contributed by atoms with E-state index in [0.717, 1.165) is 24.1 Å². The normalized spacial score (nSPS) is 22.2. The van der Waals surface area contributed by atoms with Crippen LogP contribution in [0.3, 0.4) is 0 Å². The number of carbonyl (C=O) groups excluding carboxylic acids is 1. The minimum Gasteiger partial charge on any atom is -0.394 e. The monoisotopic (exact) mass is 341 g/mol. The van der Waals surface area contributed by atoms with Crippen molar-refractivity contribution in [3.05, 3.63) is 35.5 Å². The van der Waals surface area contributed by atoms with Crippen molar-refractivity contribution in [2.24, 2.45) is 11.3 Å². The Balaban J connectivity index is 1.70. The van der Waals surface area contributed by atoms with Crippen molar-refractivity contribution in [1.82, 2.24) is 25.1 Å². The summed E-state index contributed by atoms with van der Waals surface area (Å²) >= 11 is 0. The van der Waals surface area contributed by atoms with Gasteiger partial charge in [-0.3, -0.25) is 9.78 Å². The largest absolute Gasteiger partial charge is 0.394 e. The van der Waals surface area contributed by atoms with Gasteiger partial charge in [0.1, 0.15) is 0 Å². The number of nitrogens with zero attached hydrogens (tertiary/aromatic N) is 4. The van der Waals surface area contributed by atoms with Gasteiger partial charge >= 0.3 is 0 Å². The van der Waals surface area contributed by atoms with E-state index < -0.39 is 0 Å². The summed E-state index contributed by atoms with van der Waals surface area (Å²) in [6, 6.07) is -0.326. The van der Waals surface area contributed by atoms with E-state index in [-0.39, 0.29) is 24.0 Å². The van der Waals surface area contributed by atoms with Gasteiger partial charge in [-0.1, -0.05) is 20.8 Å². The average Bonchev–Trinajstić information content (AvgIpc) is 3.08. The minimum absolute atomic E-state index is 0.104. The second-order valence-electron chi connectivity index (χ2n) is 8.07. The van der Waals surface area contributed by atoms with Crippen molar-refractivity contribution in [2.75, 3.05) is 6.61 Å². The van der Waals surface area contributed by atoms with E-state index in [0.29, 0.717) is 23.3 Å². The molecule has 2 aromatic rings. The van der Waals surface area contributed by atoms with Crippen LogP contribution in [-0.2, 0) is 6.42 Å². The number of aromatic nitrogens is 4. The van der Waals surface area contributed by atoms with Crippen LogP contribution < -0.4 is 5.32 Å². The maximum Gasteiger partial charge on any atom is 0.272 e. The highest BCUT2D eigenvalue weighted by Crippen LogP contribution is 2.57. The van der Waals surface area contributed by atoms with Gasteiger partial charge in [0.2, 0.25) is 0 Å². The molecule has 2 aromatic heterocycles. The van der Waals surface area contributed by atoms with Crippen molar-refractivity contribution in [3.8, 4) is 5.82 Å². The van der Waals surface area contributed by atoms with Crippen LogP contribution in [0.25, 0.3) is 5.82 Å². The molecule has 132 valence electrons. The third-order valence-electron chi connectivity index (χ3n) is 5.28. The molecule has 4 rings (SSSR count). The quantitative estimate of drug-likeness (QED) is 0.878.